The Hall–Kier alpha value is -1.61. The molecule has 1 heterocycles. The minimum absolute atomic E-state index is 0.158. The second-order valence-corrected chi connectivity index (χ2v) is 6.24. The van der Waals surface area contributed by atoms with Crippen LogP contribution in [-0.4, -0.2) is 15.1 Å². The largest absolute Gasteiger partial charge is 0.331 e. The van der Waals surface area contributed by atoms with Crippen LogP contribution in [0.3, 0.4) is 0 Å². The van der Waals surface area contributed by atoms with Gasteiger partial charge in [0.2, 0.25) is 0 Å². The van der Waals surface area contributed by atoms with Crippen molar-refractivity contribution in [1.82, 2.24) is 14.9 Å². The van der Waals surface area contributed by atoms with Gasteiger partial charge < -0.3 is 9.88 Å². The zero-order valence-electron chi connectivity index (χ0n) is 13.0. The number of nitrogens with one attached hydrogen (secondary N) is 1. The van der Waals surface area contributed by atoms with Gasteiger partial charge in [-0.3, -0.25) is 0 Å². The van der Waals surface area contributed by atoms with Crippen LogP contribution in [0.1, 0.15) is 44.6 Å². The molecule has 0 bridgehead atoms. The Kier molecular flexibility index (Phi) is 4.61. The number of aromatic nitrogens is 2. The molecule has 0 unspecified atom stereocenters. The smallest absolute Gasteiger partial charge is 0.108 e. The van der Waals surface area contributed by atoms with E-state index in [9.17, 15) is 0 Å². The Labute approximate surface area is 122 Å². The number of hydrogen-bond acceptors (Lipinski definition) is 2. The first kappa shape index (κ1) is 14.8. The average molecular weight is 271 g/mol. The van der Waals surface area contributed by atoms with Crippen LogP contribution in [0.5, 0.6) is 0 Å². The van der Waals surface area contributed by atoms with Gasteiger partial charge in [0.1, 0.15) is 5.82 Å². The van der Waals surface area contributed by atoms with Gasteiger partial charge in [0.25, 0.3) is 0 Å². The second kappa shape index (κ2) is 6.23. The van der Waals surface area contributed by atoms with E-state index in [1.807, 2.05) is 12.4 Å². The van der Waals surface area contributed by atoms with E-state index >= 15 is 0 Å². The molecule has 0 amide bonds. The van der Waals surface area contributed by atoms with Gasteiger partial charge >= 0.3 is 0 Å². The molecule has 0 atom stereocenters. The number of imidazole rings is 1. The van der Waals surface area contributed by atoms with Crippen molar-refractivity contribution in [2.75, 3.05) is 0 Å². The fourth-order valence-electron chi connectivity index (χ4n) is 2.12. The minimum Gasteiger partial charge on any atom is -0.331 e. The molecule has 0 saturated heterocycles. The van der Waals surface area contributed by atoms with Crippen molar-refractivity contribution >= 4 is 0 Å². The highest BCUT2D eigenvalue weighted by molar-refractivity contribution is 5.23. The summed E-state index contributed by atoms with van der Waals surface area (Å²) in [5, 5.41) is 3.51. The first-order chi connectivity index (χ1) is 9.48. The zero-order chi connectivity index (χ0) is 14.6. The molecular formula is C17H25N3. The molecule has 3 nitrogen and oxygen atoms in total. The maximum Gasteiger partial charge on any atom is 0.108 e. The molecule has 0 saturated carbocycles. The lowest BCUT2D eigenvalue weighted by Crippen LogP contribution is -2.35. The van der Waals surface area contributed by atoms with Gasteiger partial charge in [0.15, 0.2) is 0 Å². The van der Waals surface area contributed by atoms with Crippen molar-refractivity contribution in [3.05, 3.63) is 53.6 Å². The lowest BCUT2D eigenvalue weighted by molar-refractivity contribution is 0.424. The molecule has 0 fully saturated rings. The Morgan fingerprint density at radius 1 is 1.10 bits per heavy atom. The third-order valence-corrected chi connectivity index (χ3v) is 3.32. The van der Waals surface area contributed by atoms with Gasteiger partial charge in [-0.05, 0) is 31.9 Å². The first-order valence-electron chi connectivity index (χ1n) is 7.31. The molecule has 108 valence electrons. The van der Waals surface area contributed by atoms with Crippen molar-refractivity contribution in [3.63, 3.8) is 0 Å². The number of hydrogen-bond donors (Lipinski definition) is 1. The van der Waals surface area contributed by atoms with Gasteiger partial charge in [-0.2, -0.15) is 0 Å². The summed E-state index contributed by atoms with van der Waals surface area (Å²) >= 11 is 0. The van der Waals surface area contributed by atoms with E-state index in [0.717, 1.165) is 25.3 Å². The third-order valence-electron chi connectivity index (χ3n) is 3.32. The summed E-state index contributed by atoms with van der Waals surface area (Å²) in [5.41, 5.74) is 2.80. The highest BCUT2D eigenvalue weighted by Gasteiger charge is 2.08. The molecule has 0 aliphatic heterocycles. The van der Waals surface area contributed by atoms with E-state index in [-0.39, 0.29) is 5.54 Å². The lowest BCUT2D eigenvalue weighted by atomic mass is 10.1. The molecule has 0 spiro atoms. The van der Waals surface area contributed by atoms with Gasteiger partial charge in [0, 0.05) is 37.4 Å². The first-order valence-corrected chi connectivity index (χ1v) is 7.31. The summed E-state index contributed by atoms with van der Waals surface area (Å²) in [6, 6.07) is 8.82. The summed E-state index contributed by atoms with van der Waals surface area (Å²) in [6.45, 7) is 10.5. The van der Waals surface area contributed by atoms with E-state index in [2.05, 4.69) is 66.8 Å². The molecule has 2 rings (SSSR count). The Morgan fingerprint density at radius 3 is 2.35 bits per heavy atom. The molecule has 1 N–H and O–H groups in total. The maximum absolute atomic E-state index is 4.36. The lowest BCUT2D eigenvalue weighted by Gasteiger charge is -2.20. The standard InChI is InChI=1S/C17H25N3/c1-5-16-18-10-11-20(16)13-15-8-6-14(7-9-15)12-19-17(2,3)4/h6-11,19H,5,12-13H2,1-4H3. The summed E-state index contributed by atoms with van der Waals surface area (Å²) in [4.78, 5) is 4.36. The van der Waals surface area contributed by atoms with Crippen LogP contribution >= 0.6 is 0 Å². The molecular weight excluding hydrogens is 246 g/mol. The van der Waals surface area contributed by atoms with E-state index in [0.29, 0.717) is 0 Å². The summed E-state index contributed by atoms with van der Waals surface area (Å²) in [6.07, 6.45) is 4.90. The molecule has 1 aromatic heterocycles. The van der Waals surface area contributed by atoms with Gasteiger partial charge in [0.05, 0.1) is 0 Å². The summed E-state index contributed by atoms with van der Waals surface area (Å²) < 4.78 is 2.21. The highest BCUT2D eigenvalue weighted by atomic mass is 15.1. The molecule has 2 aromatic rings. The predicted molar refractivity (Wildman–Crippen MR) is 83.7 cm³/mol. The Balaban J connectivity index is 1.98. The highest BCUT2D eigenvalue weighted by Crippen LogP contribution is 2.10. The van der Waals surface area contributed by atoms with Crippen LogP contribution < -0.4 is 5.32 Å². The molecule has 0 aliphatic rings. The average Bonchev–Trinajstić information content (AvgIpc) is 2.84. The van der Waals surface area contributed by atoms with E-state index < -0.39 is 0 Å². The number of aryl methyl sites for hydroxylation is 1. The van der Waals surface area contributed by atoms with Crippen molar-refractivity contribution < 1.29 is 0 Å². The summed E-state index contributed by atoms with van der Waals surface area (Å²) in [7, 11) is 0. The zero-order valence-corrected chi connectivity index (χ0v) is 13.0. The van der Waals surface area contributed by atoms with Crippen molar-refractivity contribution in [3.8, 4) is 0 Å². The van der Waals surface area contributed by atoms with E-state index in [1.165, 1.54) is 11.1 Å². The SMILES string of the molecule is CCc1nccn1Cc1ccc(CNC(C)(C)C)cc1. The fourth-order valence-corrected chi connectivity index (χ4v) is 2.12. The molecule has 3 heteroatoms. The van der Waals surface area contributed by atoms with Crippen molar-refractivity contribution in [1.29, 1.82) is 0 Å². The Morgan fingerprint density at radius 2 is 1.75 bits per heavy atom. The molecule has 20 heavy (non-hydrogen) atoms. The molecule has 1 aromatic carbocycles. The van der Waals surface area contributed by atoms with E-state index in [4.69, 9.17) is 0 Å². The van der Waals surface area contributed by atoms with Gasteiger partial charge in [-0.25, -0.2) is 4.98 Å². The number of nitrogens with zero attached hydrogens (tertiary/aromatic N) is 2. The number of benzene rings is 1. The molecule has 0 aliphatic carbocycles. The van der Waals surface area contributed by atoms with Crippen LogP contribution in [0, 0.1) is 0 Å². The third kappa shape index (κ3) is 4.20. The maximum atomic E-state index is 4.36. The van der Waals surface area contributed by atoms with Gasteiger partial charge in [-0.15, -0.1) is 0 Å². The van der Waals surface area contributed by atoms with Crippen LogP contribution in [0.4, 0.5) is 0 Å². The quantitative estimate of drug-likeness (QED) is 0.903. The normalized spacial score (nSPS) is 11.8. The van der Waals surface area contributed by atoms with Gasteiger partial charge in [-0.1, -0.05) is 31.2 Å². The van der Waals surface area contributed by atoms with Crippen LogP contribution in [0.15, 0.2) is 36.7 Å². The predicted octanol–water partition coefficient (Wildman–Crippen LogP) is 3.38. The monoisotopic (exact) mass is 271 g/mol. The topological polar surface area (TPSA) is 29.9 Å². The van der Waals surface area contributed by atoms with Crippen LogP contribution in [-0.2, 0) is 19.5 Å². The van der Waals surface area contributed by atoms with Crippen molar-refractivity contribution in [2.45, 2.75) is 52.7 Å². The number of rotatable bonds is 5. The molecule has 0 radical (unpaired) electrons. The summed E-state index contributed by atoms with van der Waals surface area (Å²) in [5.74, 6) is 1.14. The van der Waals surface area contributed by atoms with Crippen LogP contribution in [0.2, 0.25) is 0 Å². The van der Waals surface area contributed by atoms with Crippen LogP contribution in [0.25, 0.3) is 0 Å². The Bertz CT molecular complexity index is 532. The van der Waals surface area contributed by atoms with Crippen molar-refractivity contribution in [2.24, 2.45) is 0 Å². The van der Waals surface area contributed by atoms with E-state index in [1.54, 1.807) is 0 Å². The minimum atomic E-state index is 0.158. The fraction of sp³-hybridized carbons (Fsp3) is 0.471. The second-order valence-electron chi connectivity index (χ2n) is 6.24.